The first kappa shape index (κ1) is 21.7. The van der Waals surface area contributed by atoms with Gasteiger partial charge in [0, 0.05) is 28.9 Å². The monoisotopic (exact) mass is 425 g/mol. The maximum absolute atomic E-state index is 12.6. The van der Waals surface area contributed by atoms with Gasteiger partial charge in [-0.05, 0) is 29.6 Å². The molecule has 6 nitrogen and oxygen atoms in total. The van der Waals surface area contributed by atoms with Gasteiger partial charge in [-0.15, -0.1) is 0 Å². The van der Waals surface area contributed by atoms with Crippen LogP contribution in [0.3, 0.4) is 0 Å². The van der Waals surface area contributed by atoms with Gasteiger partial charge in [0.25, 0.3) is 0 Å². The van der Waals surface area contributed by atoms with Gasteiger partial charge in [-0.1, -0.05) is 11.6 Å². The van der Waals surface area contributed by atoms with Crippen molar-refractivity contribution in [2.24, 2.45) is 5.92 Å². The Labute approximate surface area is 159 Å². The maximum atomic E-state index is 12.6. The van der Waals surface area contributed by atoms with Crippen LogP contribution < -0.4 is 0 Å². The summed E-state index contributed by atoms with van der Waals surface area (Å²) in [6, 6.07) is 1.99. The molecule has 27 heavy (non-hydrogen) atoms. The maximum Gasteiger partial charge on any atom is 0.411 e. The van der Waals surface area contributed by atoms with E-state index in [0.717, 1.165) is 12.1 Å². The molecule has 0 aliphatic heterocycles. The molecule has 0 saturated heterocycles. The summed E-state index contributed by atoms with van der Waals surface area (Å²) in [6.07, 6.45) is -4.22. The van der Waals surface area contributed by atoms with Crippen LogP contribution in [0.4, 0.5) is 13.2 Å². The molecule has 0 aromatic heterocycles. The second kappa shape index (κ2) is 8.59. The van der Waals surface area contributed by atoms with E-state index in [9.17, 15) is 36.3 Å². The summed E-state index contributed by atoms with van der Waals surface area (Å²) >= 11 is 3.18. The second-order valence-corrected chi connectivity index (χ2v) is 7.12. The number of hydrogen-bond acceptors (Lipinski definition) is 6. The first-order valence-electron chi connectivity index (χ1n) is 7.67. The summed E-state index contributed by atoms with van der Waals surface area (Å²) < 4.78 is 63.8. The lowest BCUT2D eigenvalue weighted by Crippen LogP contribution is -2.35. The van der Waals surface area contributed by atoms with Crippen molar-refractivity contribution in [3.8, 4) is 0 Å². The van der Waals surface area contributed by atoms with Gasteiger partial charge in [0.05, 0.1) is 11.6 Å². The van der Waals surface area contributed by atoms with E-state index in [-0.39, 0.29) is 24.0 Å². The first-order chi connectivity index (χ1) is 12.5. The van der Waals surface area contributed by atoms with E-state index in [2.05, 4.69) is 4.74 Å². The van der Waals surface area contributed by atoms with Gasteiger partial charge >= 0.3 is 6.18 Å². The normalized spacial score (nSPS) is 17.2. The van der Waals surface area contributed by atoms with Crippen LogP contribution in [0.25, 0.3) is 0 Å². The van der Waals surface area contributed by atoms with Crippen LogP contribution in [-0.4, -0.2) is 38.9 Å². The third-order valence-electron chi connectivity index (χ3n) is 3.91. The number of rotatable bonds is 6. The molecular formula is C16H13ClF3O6S-. The summed E-state index contributed by atoms with van der Waals surface area (Å²) in [7, 11) is 0. The number of benzene rings is 1. The van der Waals surface area contributed by atoms with E-state index in [0.29, 0.717) is 6.42 Å². The fourth-order valence-electron chi connectivity index (χ4n) is 2.71. The molecule has 1 aromatic rings. The van der Waals surface area contributed by atoms with Gasteiger partial charge in [0.1, 0.15) is 12.5 Å². The molecule has 0 bridgehead atoms. The summed E-state index contributed by atoms with van der Waals surface area (Å²) in [5.74, 6) is -3.59. The van der Waals surface area contributed by atoms with E-state index in [1.165, 1.54) is 0 Å². The molecule has 1 unspecified atom stereocenters. The Morgan fingerprint density at radius 1 is 1.26 bits per heavy atom. The molecule has 1 saturated carbocycles. The average molecular weight is 426 g/mol. The van der Waals surface area contributed by atoms with Crippen molar-refractivity contribution in [3.63, 3.8) is 0 Å². The topological polar surface area (TPSA) is 101 Å². The molecule has 0 N–H and O–H groups in total. The molecule has 0 spiro atoms. The van der Waals surface area contributed by atoms with Gasteiger partial charge in [0.15, 0.2) is 17.3 Å². The predicted octanol–water partition coefficient (Wildman–Crippen LogP) is 2.78. The molecule has 0 heterocycles. The molecule has 148 valence electrons. The third kappa shape index (κ3) is 5.22. The molecule has 0 radical (unpaired) electrons. The predicted molar refractivity (Wildman–Crippen MR) is 86.0 cm³/mol. The first-order valence-corrected chi connectivity index (χ1v) is 9.13. The number of hydrogen-bond donors (Lipinski definition) is 0. The zero-order valence-corrected chi connectivity index (χ0v) is 15.2. The smallest absolute Gasteiger partial charge is 0.411 e. The van der Waals surface area contributed by atoms with Crippen LogP contribution >= 0.6 is 11.6 Å². The van der Waals surface area contributed by atoms with Crippen LogP contribution in [0, 0.1) is 5.92 Å². The van der Waals surface area contributed by atoms with Crippen LogP contribution in [0.5, 0.6) is 0 Å². The van der Waals surface area contributed by atoms with Crippen molar-refractivity contribution < 1.29 is 41.1 Å². The van der Waals surface area contributed by atoms with Gasteiger partial charge < -0.3 is 9.29 Å². The molecular weight excluding hydrogens is 413 g/mol. The van der Waals surface area contributed by atoms with E-state index in [1.54, 1.807) is 0 Å². The van der Waals surface area contributed by atoms with Gasteiger partial charge in [0.2, 0.25) is 0 Å². The molecule has 1 aromatic carbocycles. The third-order valence-corrected chi connectivity index (χ3v) is 5.08. The molecule has 11 heteroatoms. The number of ketones is 3. The standard InChI is InChI=1S/C16H14ClF3O6S/c17-14-8(15(23)13-10(21)2-1-3-11(13)22)4-5-12(27(24)25)9(14)6-26-7-16(18,19)20/h4-5,13H,1-3,6-7H2,(H,24,25)/p-1. The van der Waals surface area contributed by atoms with Crippen molar-refractivity contribution in [2.45, 2.75) is 36.9 Å². The SMILES string of the molecule is O=C1CCCC(=O)C1C(=O)c1ccc(S(=O)[O-])c(COCC(F)(F)F)c1Cl. The Morgan fingerprint density at radius 3 is 2.37 bits per heavy atom. The number of ether oxygens (including phenoxy) is 1. The minimum Gasteiger partial charge on any atom is -0.768 e. The summed E-state index contributed by atoms with van der Waals surface area (Å²) in [5, 5.41) is -0.463. The van der Waals surface area contributed by atoms with Crippen LogP contribution in [-0.2, 0) is 32.0 Å². The number of carbonyl (C=O) groups excluding carboxylic acids is 3. The quantitative estimate of drug-likeness (QED) is 0.394. The van der Waals surface area contributed by atoms with Crippen LogP contribution in [0.1, 0.15) is 35.2 Å². The van der Waals surface area contributed by atoms with Gasteiger partial charge in [-0.2, -0.15) is 13.2 Å². The van der Waals surface area contributed by atoms with E-state index in [1.807, 2.05) is 0 Å². The second-order valence-electron chi connectivity index (χ2n) is 5.83. The number of carbonyl (C=O) groups is 3. The van der Waals surface area contributed by atoms with Gasteiger partial charge in [-0.3, -0.25) is 18.6 Å². The molecule has 1 aliphatic rings. The van der Waals surface area contributed by atoms with Gasteiger partial charge in [-0.25, -0.2) is 0 Å². The Kier molecular flexibility index (Phi) is 6.90. The average Bonchev–Trinajstić information content (AvgIpc) is 2.54. The number of halogens is 4. The molecule has 1 aliphatic carbocycles. The highest BCUT2D eigenvalue weighted by atomic mass is 35.5. The number of Topliss-reactive ketones (excluding diaryl/α,β-unsaturated/α-hetero) is 3. The largest absolute Gasteiger partial charge is 0.768 e. The highest BCUT2D eigenvalue weighted by Gasteiger charge is 2.37. The number of alkyl halides is 3. The molecule has 1 fully saturated rings. The van der Waals surface area contributed by atoms with E-state index < -0.39 is 63.7 Å². The van der Waals surface area contributed by atoms with Crippen molar-refractivity contribution in [3.05, 3.63) is 28.3 Å². The molecule has 0 amide bonds. The minimum atomic E-state index is -4.64. The van der Waals surface area contributed by atoms with Crippen molar-refractivity contribution in [1.29, 1.82) is 0 Å². The fraction of sp³-hybridized carbons (Fsp3) is 0.438. The zero-order valence-electron chi connectivity index (χ0n) is 13.6. The lowest BCUT2D eigenvalue weighted by atomic mass is 9.81. The summed E-state index contributed by atoms with van der Waals surface area (Å²) in [4.78, 5) is 36.0. The lowest BCUT2D eigenvalue weighted by molar-refractivity contribution is -0.176. The van der Waals surface area contributed by atoms with E-state index >= 15 is 0 Å². The van der Waals surface area contributed by atoms with E-state index in [4.69, 9.17) is 11.6 Å². The minimum absolute atomic E-state index is 0.0456. The Morgan fingerprint density at radius 2 is 1.85 bits per heavy atom. The molecule has 2 rings (SSSR count). The lowest BCUT2D eigenvalue weighted by Gasteiger charge is -2.21. The fourth-order valence-corrected chi connectivity index (χ4v) is 3.62. The Bertz CT molecular complexity index is 792. The van der Waals surface area contributed by atoms with Crippen molar-refractivity contribution in [2.75, 3.05) is 6.61 Å². The molecule has 1 atom stereocenters. The Balaban J connectivity index is 2.39. The summed E-state index contributed by atoms with van der Waals surface area (Å²) in [6.45, 7) is -2.47. The van der Waals surface area contributed by atoms with Crippen LogP contribution in [0.15, 0.2) is 17.0 Å². The summed E-state index contributed by atoms with van der Waals surface area (Å²) in [5.41, 5.74) is -0.666. The Hall–Kier alpha value is -1.62. The van der Waals surface area contributed by atoms with Crippen molar-refractivity contribution >= 4 is 40.0 Å². The highest BCUT2D eigenvalue weighted by Crippen LogP contribution is 2.31. The van der Waals surface area contributed by atoms with Crippen LogP contribution in [0.2, 0.25) is 5.02 Å². The zero-order chi connectivity index (χ0) is 20.4. The highest BCUT2D eigenvalue weighted by molar-refractivity contribution is 7.79. The van der Waals surface area contributed by atoms with Crippen molar-refractivity contribution in [1.82, 2.24) is 0 Å².